The van der Waals surface area contributed by atoms with Crippen LogP contribution in [0.1, 0.15) is 27.3 Å². The average molecular weight is 346 g/mol. The van der Waals surface area contributed by atoms with Crippen molar-refractivity contribution < 1.29 is 18.7 Å². The lowest BCUT2D eigenvalue weighted by molar-refractivity contribution is 0.0352. The topological polar surface area (TPSA) is 71.8 Å². The molecule has 0 radical (unpaired) electrons. The van der Waals surface area contributed by atoms with Crippen LogP contribution in [0.3, 0.4) is 0 Å². The highest BCUT2D eigenvalue weighted by Gasteiger charge is 2.43. The van der Waals surface area contributed by atoms with Gasteiger partial charge in [-0.1, -0.05) is 0 Å². The van der Waals surface area contributed by atoms with Crippen molar-refractivity contribution in [3.05, 3.63) is 46.5 Å². The number of carbonyl (C=O) groups excluding carboxylic acids is 2. The summed E-state index contributed by atoms with van der Waals surface area (Å²) < 4.78 is 11.2. The molecule has 0 aromatic carbocycles. The van der Waals surface area contributed by atoms with Gasteiger partial charge >= 0.3 is 0 Å². The SMILES string of the molecule is O=C(NC[C@H]1C[C@@H]2CN(C(=O)c3ccco3)C[C@@H]2O1)c1ccsc1. The van der Waals surface area contributed by atoms with Crippen molar-refractivity contribution in [2.24, 2.45) is 5.92 Å². The van der Waals surface area contributed by atoms with Crippen molar-refractivity contribution in [2.45, 2.75) is 18.6 Å². The molecule has 2 aliphatic heterocycles. The highest BCUT2D eigenvalue weighted by atomic mass is 32.1. The molecule has 0 saturated carbocycles. The average Bonchev–Trinajstić information content (AvgIpc) is 3.36. The number of furan rings is 1. The first kappa shape index (κ1) is 15.4. The Kier molecular flexibility index (Phi) is 4.12. The molecule has 2 aromatic heterocycles. The smallest absolute Gasteiger partial charge is 0.289 e. The van der Waals surface area contributed by atoms with Crippen LogP contribution in [0.2, 0.25) is 0 Å². The molecule has 0 aliphatic carbocycles. The molecule has 1 N–H and O–H groups in total. The lowest BCUT2D eigenvalue weighted by Crippen LogP contribution is -2.35. The molecule has 0 spiro atoms. The predicted octanol–water partition coefficient (Wildman–Crippen LogP) is 2.00. The van der Waals surface area contributed by atoms with Crippen molar-refractivity contribution >= 4 is 23.2 Å². The number of amides is 2. The fraction of sp³-hybridized carbons (Fsp3) is 0.412. The van der Waals surface area contributed by atoms with Crippen LogP contribution in [0.5, 0.6) is 0 Å². The van der Waals surface area contributed by atoms with Crippen LogP contribution in [0, 0.1) is 5.92 Å². The summed E-state index contributed by atoms with van der Waals surface area (Å²) in [6.07, 6.45) is 2.43. The van der Waals surface area contributed by atoms with Crippen molar-refractivity contribution in [1.82, 2.24) is 10.2 Å². The third-order valence-corrected chi connectivity index (χ3v) is 5.29. The number of fused-ring (bicyclic) bond motifs is 1. The number of hydrogen-bond donors (Lipinski definition) is 1. The van der Waals surface area contributed by atoms with Crippen LogP contribution in [0.15, 0.2) is 39.6 Å². The van der Waals surface area contributed by atoms with Gasteiger partial charge in [0.1, 0.15) is 0 Å². The molecule has 4 heterocycles. The number of likely N-dealkylation sites (tertiary alicyclic amines) is 1. The number of nitrogens with zero attached hydrogens (tertiary/aromatic N) is 1. The second-order valence-corrected chi connectivity index (χ2v) is 6.98. The van der Waals surface area contributed by atoms with Crippen LogP contribution >= 0.6 is 11.3 Å². The van der Waals surface area contributed by atoms with Crippen molar-refractivity contribution in [1.29, 1.82) is 0 Å². The monoisotopic (exact) mass is 346 g/mol. The van der Waals surface area contributed by atoms with Crippen LogP contribution < -0.4 is 5.32 Å². The van der Waals surface area contributed by atoms with Gasteiger partial charge in [0.25, 0.3) is 11.8 Å². The molecule has 24 heavy (non-hydrogen) atoms. The maximum absolute atomic E-state index is 12.3. The third kappa shape index (κ3) is 2.97. The van der Waals surface area contributed by atoms with E-state index >= 15 is 0 Å². The maximum Gasteiger partial charge on any atom is 0.289 e. The molecule has 6 nitrogen and oxygen atoms in total. The summed E-state index contributed by atoms with van der Waals surface area (Å²) in [6, 6.07) is 5.20. The van der Waals surface area contributed by atoms with Gasteiger partial charge in [-0.15, -0.1) is 0 Å². The molecule has 2 saturated heterocycles. The van der Waals surface area contributed by atoms with Gasteiger partial charge in [-0.25, -0.2) is 0 Å². The standard InChI is InChI=1S/C17H18N2O4S/c20-16(11-3-5-24-10-11)18-7-13-6-12-8-19(9-15(12)23-13)17(21)14-2-1-4-22-14/h1-5,10,12-13,15H,6-9H2,(H,18,20)/t12-,13-,15+/m1/s1. The minimum absolute atomic E-state index is 0.0171. The zero-order valence-corrected chi connectivity index (χ0v) is 13.8. The Balaban J connectivity index is 1.27. The molecular formula is C17H18N2O4S. The number of nitrogens with one attached hydrogen (secondary N) is 1. The van der Waals surface area contributed by atoms with E-state index < -0.39 is 0 Å². The number of thiophene rings is 1. The Bertz CT molecular complexity index is 699. The Hall–Kier alpha value is -2.12. The minimum Gasteiger partial charge on any atom is -0.459 e. The summed E-state index contributed by atoms with van der Waals surface area (Å²) in [7, 11) is 0. The summed E-state index contributed by atoms with van der Waals surface area (Å²) >= 11 is 1.50. The fourth-order valence-corrected chi connectivity index (χ4v) is 4.05. The van der Waals surface area contributed by atoms with E-state index in [1.165, 1.54) is 17.6 Å². The van der Waals surface area contributed by atoms with Crippen LogP contribution in [-0.2, 0) is 4.74 Å². The van der Waals surface area contributed by atoms with Gasteiger partial charge in [-0.05, 0) is 30.0 Å². The van der Waals surface area contributed by atoms with Crippen LogP contribution in [0.4, 0.5) is 0 Å². The van der Waals surface area contributed by atoms with Crippen LogP contribution in [-0.4, -0.2) is 48.6 Å². The molecule has 2 amide bonds. The third-order valence-electron chi connectivity index (χ3n) is 4.61. The van der Waals surface area contributed by atoms with Crippen molar-refractivity contribution in [2.75, 3.05) is 19.6 Å². The predicted molar refractivity (Wildman–Crippen MR) is 88.0 cm³/mol. The highest BCUT2D eigenvalue weighted by molar-refractivity contribution is 7.08. The summed E-state index contributed by atoms with van der Waals surface area (Å²) in [4.78, 5) is 26.0. The summed E-state index contributed by atoms with van der Waals surface area (Å²) in [5.74, 6) is 0.549. The number of carbonyl (C=O) groups is 2. The summed E-state index contributed by atoms with van der Waals surface area (Å²) in [6.45, 7) is 1.77. The lowest BCUT2D eigenvalue weighted by Gasteiger charge is -2.18. The number of hydrogen-bond acceptors (Lipinski definition) is 5. The van der Waals surface area contributed by atoms with Gasteiger partial charge in [0.05, 0.1) is 18.5 Å². The first-order valence-electron chi connectivity index (χ1n) is 7.99. The molecule has 3 atom stereocenters. The normalized spacial score (nSPS) is 25.7. The molecule has 4 rings (SSSR count). The van der Waals surface area contributed by atoms with E-state index in [0.29, 0.717) is 36.9 Å². The van der Waals surface area contributed by atoms with Gasteiger partial charge < -0.3 is 19.4 Å². The molecule has 0 unspecified atom stereocenters. The van der Waals surface area contributed by atoms with E-state index in [1.54, 1.807) is 17.0 Å². The van der Waals surface area contributed by atoms with E-state index in [4.69, 9.17) is 9.15 Å². The van der Waals surface area contributed by atoms with Gasteiger partial charge in [-0.2, -0.15) is 11.3 Å². The van der Waals surface area contributed by atoms with E-state index in [9.17, 15) is 9.59 Å². The Morgan fingerprint density at radius 2 is 2.25 bits per heavy atom. The Morgan fingerprint density at radius 3 is 2.96 bits per heavy atom. The second-order valence-electron chi connectivity index (χ2n) is 6.20. The van der Waals surface area contributed by atoms with Crippen molar-refractivity contribution in [3.63, 3.8) is 0 Å². The zero-order valence-electron chi connectivity index (χ0n) is 13.0. The first-order chi connectivity index (χ1) is 11.7. The molecule has 7 heteroatoms. The zero-order chi connectivity index (χ0) is 16.5. The van der Waals surface area contributed by atoms with Gasteiger partial charge in [-0.3, -0.25) is 9.59 Å². The molecule has 126 valence electrons. The molecule has 0 bridgehead atoms. The van der Waals surface area contributed by atoms with Crippen LogP contribution in [0.25, 0.3) is 0 Å². The maximum atomic E-state index is 12.3. The highest BCUT2D eigenvalue weighted by Crippen LogP contribution is 2.33. The molecule has 2 aliphatic rings. The van der Waals surface area contributed by atoms with E-state index in [2.05, 4.69) is 5.32 Å². The van der Waals surface area contributed by atoms with E-state index in [-0.39, 0.29) is 24.0 Å². The first-order valence-corrected chi connectivity index (χ1v) is 8.93. The molecule has 2 fully saturated rings. The minimum atomic E-state index is -0.0830. The van der Waals surface area contributed by atoms with Crippen molar-refractivity contribution in [3.8, 4) is 0 Å². The number of ether oxygens (including phenoxy) is 1. The van der Waals surface area contributed by atoms with E-state index in [0.717, 1.165) is 6.42 Å². The number of rotatable bonds is 4. The van der Waals surface area contributed by atoms with Gasteiger partial charge in [0.15, 0.2) is 5.76 Å². The van der Waals surface area contributed by atoms with Gasteiger partial charge in [0.2, 0.25) is 0 Å². The Labute approximate surface area is 143 Å². The van der Waals surface area contributed by atoms with E-state index in [1.807, 2.05) is 16.8 Å². The molecular weight excluding hydrogens is 328 g/mol. The second kappa shape index (κ2) is 6.41. The lowest BCUT2D eigenvalue weighted by atomic mass is 10.0. The van der Waals surface area contributed by atoms with Gasteiger partial charge in [0, 0.05) is 36.5 Å². The Morgan fingerprint density at radius 1 is 1.33 bits per heavy atom. The largest absolute Gasteiger partial charge is 0.459 e. The quantitative estimate of drug-likeness (QED) is 0.919. The fourth-order valence-electron chi connectivity index (χ4n) is 3.42. The molecule has 2 aromatic rings. The summed E-state index contributed by atoms with van der Waals surface area (Å²) in [5, 5.41) is 6.64. The summed E-state index contributed by atoms with van der Waals surface area (Å²) in [5.41, 5.74) is 0.688.